The zero-order valence-electron chi connectivity index (χ0n) is 11.8. The van der Waals surface area contributed by atoms with Crippen molar-refractivity contribution in [3.05, 3.63) is 42.0 Å². The first-order valence-electron chi connectivity index (χ1n) is 5.34. The van der Waals surface area contributed by atoms with Crippen molar-refractivity contribution in [1.29, 1.82) is 0 Å². The zero-order chi connectivity index (χ0) is 13.5. The largest absolute Gasteiger partial charge is 1.00 e. The van der Waals surface area contributed by atoms with E-state index in [-0.39, 0.29) is 65.7 Å². The van der Waals surface area contributed by atoms with Crippen molar-refractivity contribution in [2.75, 3.05) is 13.1 Å². The molecule has 0 aliphatic carbocycles. The molecular weight excluding hydrogens is 280 g/mol. The van der Waals surface area contributed by atoms with Crippen LogP contribution in [0.4, 0.5) is 0 Å². The molecule has 1 aromatic rings. The Hall–Kier alpha value is -0.140. The first-order valence-corrected chi connectivity index (χ1v) is 5.34. The smallest absolute Gasteiger partial charge is 0.549 e. The summed E-state index contributed by atoms with van der Waals surface area (Å²) in [6, 6.07) is 7.21. The van der Waals surface area contributed by atoms with Crippen molar-refractivity contribution in [2.24, 2.45) is 0 Å². The summed E-state index contributed by atoms with van der Waals surface area (Å²) in [5.41, 5.74) is 1.74. The van der Waals surface area contributed by atoms with E-state index >= 15 is 0 Å². The second-order valence-electron chi connectivity index (χ2n) is 3.83. The van der Waals surface area contributed by atoms with Crippen LogP contribution in [0.3, 0.4) is 0 Å². The van der Waals surface area contributed by atoms with Gasteiger partial charge in [-0.2, -0.15) is 0 Å². The summed E-state index contributed by atoms with van der Waals surface area (Å²) in [5.74, 6) is -2.64. The quantitative estimate of drug-likeness (QED) is 0.466. The SMILES string of the molecule is C=Cc1ccc(CN(CC(=O)[O-])CC(=O)[O-])cc1.[Na+].[Na+]. The van der Waals surface area contributed by atoms with Gasteiger partial charge in [-0.1, -0.05) is 36.9 Å². The zero-order valence-corrected chi connectivity index (χ0v) is 15.8. The number of nitrogens with zero attached hydrogens (tertiary/aromatic N) is 1. The standard InChI is InChI=1S/C13H15NO4.2Na/c1-2-10-3-5-11(6-4-10)7-14(8-12(15)16)9-13(17)18;;/h2-6H,1,7-9H2,(H,15,16)(H,17,18);;/q;2*+1/p-2. The van der Waals surface area contributed by atoms with Crippen molar-refractivity contribution in [2.45, 2.75) is 6.54 Å². The van der Waals surface area contributed by atoms with Crippen molar-refractivity contribution in [1.82, 2.24) is 4.90 Å². The molecule has 0 heterocycles. The molecule has 0 spiro atoms. The van der Waals surface area contributed by atoms with Crippen LogP contribution in [-0.2, 0) is 16.1 Å². The molecule has 5 nitrogen and oxygen atoms in total. The predicted octanol–water partition coefficient (Wildman–Crippen LogP) is -7.36. The molecule has 0 radical (unpaired) electrons. The Morgan fingerprint density at radius 3 is 1.85 bits per heavy atom. The van der Waals surface area contributed by atoms with Gasteiger partial charge in [0, 0.05) is 19.6 Å². The fourth-order valence-electron chi connectivity index (χ4n) is 1.55. The maximum absolute atomic E-state index is 10.5. The van der Waals surface area contributed by atoms with Crippen LogP contribution in [0.1, 0.15) is 11.1 Å². The van der Waals surface area contributed by atoms with Gasteiger partial charge < -0.3 is 19.8 Å². The van der Waals surface area contributed by atoms with E-state index in [1.165, 1.54) is 4.90 Å². The number of carbonyl (C=O) groups is 2. The molecular formula is C13H13NNa2O4. The Kier molecular flexibility index (Phi) is 12.7. The molecule has 0 amide bonds. The minimum Gasteiger partial charge on any atom is -0.549 e. The topological polar surface area (TPSA) is 83.5 Å². The van der Waals surface area contributed by atoms with Gasteiger partial charge in [0.2, 0.25) is 0 Å². The van der Waals surface area contributed by atoms with Gasteiger partial charge in [0.15, 0.2) is 0 Å². The molecule has 0 aromatic heterocycles. The number of hydrogen-bond donors (Lipinski definition) is 0. The maximum atomic E-state index is 10.5. The van der Waals surface area contributed by atoms with Gasteiger partial charge in [-0.15, -0.1) is 0 Å². The van der Waals surface area contributed by atoms with Gasteiger partial charge in [-0.25, -0.2) is 0 Å². The molecule has 0 N–H and O–H groups in total. The van der Waals surface area contributed by atoms with Crippen LogP contribution < -0.4 is 69.3 Å². The second kappa shape index (κ2) is 11.5. The van der Waals surface area contributed by atoms with E-state index in [2.05, 4.69) is 6.58 Å². The maximum Gasteiger partial charge on any atom is 1.00 e. The van der Waals surface area contributed by atoms with E-state index in [0.29, 0.717) is 0 Å². The number of rotatable bonds is 7. The van der Waals surface area contributed by atoms with Crippen LogP contribution in [0.5, 0.6) is 0 Å². The van der Waals surface area contributed by atoms with Crippen LogP contribution in [0.2, 0.25) is 0 Å². The van der Waals surface area contributed by atoms with Gasteiger partial charge >= 0.3 is 59.1 Å². The minimum atomic E-state index is -1.32. The van der Waals surface area contributed by atoms with Crippen molar-refractivity contribution >= 4 is 18.0 Å². The normalized spacial score (nSPS) is 9.25. The third kappa shape index (κ3) is 8.92. The molecule has 0 fully saturated rings. The predicted molar refractivity (Wildman–Crippen MR) is 61.8 cm³/mol. The van der Waals surface area contributed by atoms with Crippen molar-refractivity contribution in [3.63, 3.8) is 0 Å². The van der Waals surface area contributed by atoms with Crippen LogP contribution in [0.15, 0.2) is 30.8 Å². The van der Waals surface area contributed by atoms with Crippen LogP contribution >= 0.6 is 0 Å². The van der Waals surface area contributed by atoms with E-state index < -0.39 is 25.0 Å². The third-order valence-corrected chi connectivity index (χ3v) is 2.33. The Bertz CT molecular complexity index is 432. The summed E-state index contributed by atoms with van der Waals surface area (Å²) in [6.45, 7) is 2.93. The fraction of sp³-hybridized carbons (Fsp3) is 0.231. The molecule has 96 valence electrons. The van der Waals surface area contributed by atoms with Gasteiger partial charge in [0.1, 0.15) is 0 Å². The number of aliphatic carboxylic acids is 2. The number of benzene rings is 1. The van der Waals surface area contributed by atoms with E-state index in [9.17, 15) is 19.8 Å². The number of carbonyl (C=O) groups excluding carboxylic acids is 2. The summed E-state index contributed by atoms with van der Waals surface area (Å²) in [7, 11) is 0. The van der Waals surface area contributed by atoms with Gasteiger partial charge in [-0.05, 0) is 11.1 Å². The number of carboxylic acids is 2. The van der Waals surface area contributed by atoms with Crippen LogP contribution in [0, 0.1) is 0 Å². The third-order valence-electron chi connectivity index (χ3n) is 2.33. The molecule has 0 bridgehead atoms. The molecule has 0 saturated heterocycles. The molecule has 0 saturated carbocycles. The summed E-state index contributed by atoms with van der Waals surface area (Å²) < 4.78 is 0. The van der Waals surface area contributed by atoms with Crippen LogP contribution in [0.25, 0.3) is 6.08 Å². The number of carboxylic acid groups (broad SMARTS) is 2. The molecule has 1 aromatic carbocycles. The summed E-state index contributed by atoms with van der Waals surface area (Å²) in [5, 5.41) is 21.0. The minimum absolute atomic E-state index is 0. The molecule has 0 aliphatic rings. The molecule has 0 atom stereocenters. The molecule has 20 heavy (non-hydrogen) atoms. The van der Waals surface area contributed by atoms with E-state index in [4.69, 9.17) is 0 Å². The summed E-state index contributed by atoms with van der Waals surface area (Å²) in [6.07, 6.45) is 1.68. The molecule has 0 aliphatic heterocycles. The van der Waals surface area contributed by atoms with Crippen molar-refractivity contribution in [3.8, 4) is 0 Å². The molecule has 0 unspecified atom stereocenters. The van der Waals surface area contributed by atoms with E-state index in [1.807, 2.05) is 12.1 Å². The van der Waals surface area contributed by atoms with Gasteiger partial charge in [0.05, 0.1) is 11.9 Å². The Balaban J connectivity index is 0. The summed E-state index contributed by atoms with van der Waals surface area (Å²) >= 11 is 0. The number of hydrogen-bond acceptors (Lipinski definition) is 5. The molecule has 1 rings (SSSR count). The Morgan fingerprint density at radius 1 is 1.05 bits per heavy atom. The Labute approximate surface area is 162 Å². The van der Waals surface area contributed by atoms with Gasteiger partial charge in [-0.3, -0.25) is 4.90 Å². The van der Waals surface area contributed by atoms with E-state index in [1.54, 1.807) is 18.2 Å². The van der Waals surface area contributed by atoms with Crippen molar-refractivity contribution < 1.29 is 78.9 Å². The van der Waals surface area contributed by atoms with Crippen LogP contribution in [-0.4, -0.2) is 29.9 Å². The second-order valence-corrected chi connectivity index (χ2v) is 3.83. The average molecular weight is 293 g/mol. The first kappa shape index (κ1) is 22.1. The average Bonchev–Trinajstić information content (AvgIpc) is 2.28. The monoisotopic (exact) mass is 293 g/mol. The molecule has 7 heteroatoms. The fourth-order valence-corrected chi connectivity index (χ4v) is 1.55. The Morgan fingerprint density at radius 2 is 1.50 bits per heavy atom. The van der Waals surface area contributed by atoms with Gasteiger partial charge in [0.25, 0.3) is 0 Å². The summed E-state index contributed by atoms with van der Waals surface area (Å²) in [4.78, 5) is 22.2. The van der Waals surface area contributed by atoms with E-state index in [0.717, 1.165) is 11.1 Å². The first-order chi connectivity index (χ1) is 8.51.